The Morgan fingerprint density at radius 1 is 1.28 bits per heavy atom. The van der Waals surface area contributed by atoms with Gasteiger partial charge in [0.05, 0.1) is 13.2 Å². The van der Waals surface area contributed by atoms with E-state index in [1.807, 2.05) is 30.9 Å². The standard InChI is InChI=1S/C19H23N3O3/c1-12(2)17-20-21-18(25-17)16-11-22(9-10-24-16)19(23)15-8-4-6-13-5-3-7-14(13)15/h4,6,8,12,16H,3,5,7,9-11H2,1-2H3/t16-/m1/s1. The molecule has 1 aliphatic heterocycles. The minimum absolute atomic E-state index is 0.0793. The van der Waals surface area contributed by atoms with Gasteiger partial charge in [-0.05, 0) is 36.5 Å². The van der Waals surface area contributed by atoms with Gasteiger partial charge in [-0.2, -0.15) is 0 Å². The van der Waals surface area contributed by atoms with E-state index in [4.69, 9.17) is 9.15 Å². The van der Waals surface area contributed by atoms with Crippen LogP contribution in [0.2, 0.25) is 0 Å². The molecule has 0 unspecified atom stereocenters. The zero-order chi connectivity index (χ0) is 17.4. The van der Waals surface area contributed by atoms with Crippen molar-refractivity contribution in [3.63, 3.8) is 0 Å². The van der Waals surface area contributed by atoms with E-state index < -0.39 is 0 Å². The molecule has 6 nitrogen and oxygen atoms in total. The summed E-state index contributed by atoms with van der Waals surface area (Å²) in [6.07, 6.45) is 2.84. The quantitative estimate of drug-likeness (QED) is 0.859. The van der Waals surface area contributed by atoms with E-state index in [9.17, 15) is 4.79 Å². The molecule has 1 saturated heterocycles. The van der Waals surface area contributed by atoms with Gasteiger partial charge >= 0.3 is 0 Å². The Balaban J connectivity index is 1.53. The number of aromatic nitrogens is 2. The van der Waals surface area contributed by atoms with Gasteiger partial charge in [0.25, 0.3) is 5.91 Å². The van der Waals surface area contributed by atoms with Crippen LogP contribution in [-0.4, -0.2) is 40.7 Å². The van der Waals surface area contributed by atoms with Gasteiger partial charge in [0.15, 0.2) is 6.10 Å². The highest BCUT2D eigenvalue weighted by Crippen LogP contribution is 2.28. The number of benzene rings is 1. The zero-order valence-corrected chi connectivity index (χ0v) is 14.7. The van der Waals surface area contributed by atoms with Gasteiger partial charge < -0.3 is 14.1 Å². The fraction of sp³-hybridized carbons (Fsp3) is 0.526. The lowest BCUT2D eigenvalue weighted by Crippen LogP contribution is -2.42. The smallest absolute Gasteiger partial charge is 0.254 e. The number of rotatable bonds is 3. The normalized spacial score (nSPS) is 20.1. The van der Waals surface area contributed by atoms with Crippen LogP contribution in [0.15, 0.2) is 22.6 Å². The van der Waals surface area contributed by atoms with Crippen LogP contribution in [-0.2, 0) is 17.6 Å². The van der Waals surface area contributed by atoms with Crippen LogP contribution >= 0.6 is 0 Å². The monoisotopic (exact) mass is 341 g/mol. The molecule has 0 spiro atoms. The molecular weight excluding hydrogens is 318 g/mol. The third-order valence-corrected chi connectivity index (χ3v) is 4.96. The summed E-state index contributed by atoms with van der Waals surface area (Å²) in [7, 11) is 0. The molecule has 4 rings (SSSR count). The summed E-state index contributed by atoms with van der Waals surface area (Å²) >= 11 is 0. The summed E-state index contributed by atoms with van der Waals surface area (Å²) in [6.45, 7) is 5.52. The molecule has 0 N–H and O–H groups in total. The third-order valence-electron chi connectivity index (χ3n) is 4.96. The van der Waals surface area contributed by atoms with Gasteiger partial charge in [0, 0.05) is 18.0 Å². The number of morpholine rings is 1. The molecule has 1 aromatic heterocycles. The minimum atomic E-state index is -0.352. The van der Waals surface area contributed by atoms with Gasteiger partial charge in [0.1, 0.15) is 0 Å². The second-order valence-electron chi connectivity index (χ2n) is 7.04. The highest BCUT2D eigenvalue weighted by molar-refractivity contribution is 5.96. The van der Waals surface area contributed by atoms with E-state index in [0.29, 0.717) is 31.5 Å². The van der Waals surface area contributed by atoms with E-state index >= 15 is 0 Å². The fourth-order valence-electron chi connectivity index (χ4n) is 3.58. The highest BCUT2D eigenvalue weighted by atomic mass is 16.5. The van der Waals surface area contributed by atoms with Crippen molar-refractivity contribution in [3.05, 3.63) is 46.7 Å². The largest absolute Gasteiger partial charge is 0.422 e. The molecule has 6 heteroatoms. The number of hydrogen-bond acceptors (Lipinski definition) is 5. The molecule has 1 aliphatic carbocycles. The zero-order valence-electron chi connectivity index (χ0n) is 14.7. The molecule has 2 aromatic rings. The number of ether oxygens (including phenoxy) is 1. The van der Waals surface area contributed by atoms with Gasteiger partial charge in [-0.3, -0.25) is 4.79 Å². The highest BCUT2D eigenvalue weighted by Gasteiger charge is 2.31. The van der Waals surface area contributed by atoms with Gasteiger partial charge in [0.2, 0.25) is 11.8 Å². The average molecular weight is 341 g/mol. The molecule has 1 fully saturated rings. The summed E-state index contributed by atoms with van der Waals surface area (Å²) in [5.41, 5.74) is 3.37. The first-order valence-corrected chi connectivity index (χ1v) is 8.98. The van der Waals surface area contributed by atoms with Crippen molar-refractivity contribution < 1.29 is 13.9 Å². The molecule has 0 saturated carbocycles. The second-order valence-corrected chi connectivity index (χ2v) is 7.04. The number of amides is 1. The van der Waals surface area contributed by atoms with Crippen LogP contribution < -0.4 is 0 Å². The summed E-state index contributed by atoms with van der Waals surface area (Å²) in [4.78, 5) is 14.9. The van der Waals surface area contributed by atoms with Crippen LogP contribution in [0.25, 0.3) is 0 Å². The first-order valence-electron chi connectivity index (χ1n) is 8.98. The van der Waals surface area contributed by atoms with Gasteiger partial charge in [-0.25, -0.2) is 0 Å². The molecule has 1 atom stereocenters. The van der Waals surface area contributed by atoms with Crippen molar-refractivity contribution in [1.29, 1.82) is 0 Å². The Hall–Kier alpha value is -2.21. The van der Waals surface area contributed by atoms with Crippen molar-refractivity contribution >= 4 is 5.91 Å². The second kappa shape index (κ2) is 6.59. The maximum absolute atomic E-state index is 13.1. The SMILES string of the molecule is CC(C)c1nnc([C@H]2CN(C(=O)c3cccc4c3CCC4)CCO2)o1. The summed E-state index contributed by atoms with van der Waals surface area (Å²) in [5.74, 6) is 1.31. The summed E-state index contributed by atoms with van der Waals surface area (Å²) < 4.78 is 11.5. The van der Waals surface area contributed by atoms with Crippen LogP contribution in [0.3, 0.4) is 0 Å². The van der Waals surface area contributed by atoms with Crippen molar-refractivity contribution in [1.82, 2.24) is 15.1 Å². The Morgan fingerprint density at radius 2 is 2.16 bits per heavy atom. The Kier molecular flexibility index (Phi) is 4.29. The Labute approximate surface area is 147 Å². The third kappa shape index (κ3) is 3.06. The predicted octanol–water partition coefficient (Wildman–Crippen LogP) is 2.90. The summed E-state index contributed by atoms with van der Waals surface area (Å²) in [6, 6.07) is 6.07. The maximum Gasteiger partial charge on any atom is 0.254 e. The van der Waals surface area contributed by atoms with Crippen LogP contribution in [0.4, 0.5) is 0 Å². The summed E-state index contributed by atoms with van der Waals surface area (Å²) in [5, 5.41) is 8.17. The van der Waals surface area contributed by atoms with E-state index in [1.165, 1.54) is 11.1 Å². The van der Waals surface area contributed by atoms with E-state index in [2.05, 4.69) is 16.3 Å². The number of hydrogen-bond donors (Lipinski definition) is 0. The first kappa shape index (κ1) is 16.3. The average Bonchev–Trinajstić information content (AvgIpc) is 3.30. The van der Waals surface area contributed by atoms with Crippen molar-refractivity contribution in [2.45, 2.75) is 45.1 Å². The number of nitrogens with zero attached hydrogens (tertiary/aromatic N) is 3. The molecule has 2 heterocycles. The number of fused-ring (bicyclic) bond motifs is 1. The number of carbonyl (C=O) groups is 1. The molecular formula is C19H23N3O3. The lowest BCUT2D eigenvalue weighted by Gasteiger charge is -2.31. The van der Waals surface area contributed by atoms with E-state index in [-0.39, 0.29) is 17.9 Å². The lowest BCUT2D eigenvalue weighted by molar-refractivity contribution is -0.0351. The predicted molar refractivity (Wildman–Crippen MR) is 91.5 cm³/mol. The van der Waals surface area contributed by atoms with Crippen molar-refractivity contribution in [2.24, 2.45) is 0 Å². The lowest BCUT2D eigenvalue weighted by atomic mass is 10.0. The van der Waals surface area contributed by atoms with Crippen molar-refractivity contribution in [3.8, 4) is 0 Å². The Bertz CT molecular complexity index is 784. The van der Waals surface area contributed by atoms with Gasteiger partial charge in [-0.15, -0.1) is 10.2 Å². The topological polar surface area (TPSA) is 68.5 Å². The fourth-order valence-corrected chi connectivity index (χ4v) is 3.58. The van der Waals surface area contributed by atoms with Crippen molar-refractivity contribution in [2.75, 3.05) is 19.7 Å². The maximum atomic E-state index is 13.1. The Morgan fingerprint density at radius 3 is 2.96 bits per heavy atom. The molecule has 25 heavy (non-hydrogen) atoms. The number of carbonyl (C=O) groups excluding carboxylic acids is 1. The van der Waals surface area contributed by atoms with E-state index in [0.717, 1.165) is 24.8 Å². The van der Waals surface area contributed by atoms with Crippen LogP contribution in [0, 0.1) is 0 Å². The molecule has 2 aliphatic rings. The van der Waals surface area contributed by atoms with Crippen LogP contribution in [0.5, 0.6) is 0 Å². The molecule has 1 amide bonds. The molecule has 1 aromatic carbocycles. The molecule has 0 radical (unpaired) electrons. The molecule has 132 valence electrons. The van der Waals surface area contributed by atoms with Gasteiger partial charge in [-0.1, -0.05) is 26.0 Å². The number of aryl methyl sites for hydroxylation is 1. The van der Waals surface area contributed by atoms with E-state index in [1.54, 1.807) is 0 Å². The minimum Gasteiger partial charge on any atom is -0.422 e. The molecule has 0 bridgehead atoms. The van der Waals surface area contributed by atoms with Crippen LogP contribution in [0.1, 0.15) is 65.6 Å². The first-order chi connectivity index (χ1) is 12.1.